The van der Waals surface area contributed by atoms with Crippen LogP contribution in [0.4, 0.5) is 0 Å². The summed E-state index contributed by atoms with van der Waals surface area (Å²) in [6.45, 7) is 4.66. The van der Waals surface area contributed by atoms with E-state index in [9.17, 15) is 10.1 Å². The SMILES string of the molecule is CC1CCC(c2ccc(C3(C#N)CC3)cc2)=C(C(C)c2ccc(CCCC(=O)O)cc2)C1. The summed E-state index contributed by atoms with van der Waals surface area (Å²) in [5, 5.41) is 18.3. The predicted molar refractivity (Wildman–Crippen MR) is 128 cm³/mol. The van der Waals surface area contributed by atoms with Gasteiger partial charge in [0.15, 0.2) is 0 Å². The number of hydrogen-bond acceptors (Lipinski definition) is 2. The zero-order chi connectivity index (χ0) is 22.7. The van der Waals surface area contributed by atoms with E-state index in [0.717, 1.165) is 32.1 Å². The minimum Gasteiger partial charge on any atom is -0.481 e. The zero-order valence-corrected chi connectivity index (χ0v) is 19.2. The quantitative estimate of drug-likeness (QED) is 0.492. The number of allylic oxidation sites excluding steroid dienone is 2. The lowest BCUT2D eigenvalue weighted by atomic mass is 9.75. The number of rotatable bonds is 8. The van der Waals surface area contributed by atoms with Gasteiger partial charge < -0.3 is 5.11 Å². The lowest BCUT2D eigenvalue weighted by Crippen LogP contribution is -2.12. The van der Waals surface area contributed by atoms with E-state index in [1.54, 1.807) is 0 Å². The zero-order valence-electron chi connectivity index (χ0n) is 19.2. The molecule has 1 N–H and O–H groups in total. The third-order valence-electron chi connectivity index (χ3n) is 7.45. The molecule has 0 saturated heterocycles. The molecular formula is C29H33NO2. The summed E-state index contributed by atoms with van der Waals surface area (Å²) in [5.41, 5.74) is 7.80. The van der Waals surface area contributed by atoms with Gasteiger partial charge in [-0.3, -0.25) is 4.79 Å². The van der Waals surface area contributed by atoms with Crippen molar-refractivity contribution in [2.45, 2.75) is 76.5 Å². The lowest BCUT2D eigenvalue weighted by molar-refractivity contribution is -0.137. The molecule has 0 bridgehead atoms. The Morgan fingerprint density at radius 2 is 1.84 bits per heavy atom. The van der Waals surface area contributed by atoms with Gasteiger partial charge in [0.05, 0.1) is 11.5 Å². The van der Waals surface area contributed by atoms with Gasteiger partial charge in [0.1, 0.15) is 0 Å². The van der Waals surface area contributed by atoms with Gasteiger partial charge in [-0.2, -0.15) is 5.26 Å². The number of carbonyl (C=O) groups is 1. The molecule has 2 unspecified atom stereocenters. The Morgan fingerprint density at radius 1 is 1.16 bits per heavy atom. The molecule has 0 radical (unpaired) electrons. The number of nitriles is 1. The molecule has 166 valence electrons. The van der Waals surface area contributed by atoms with E-state index in [1.807, 2.05) is 0 Å². The maximum Gasteiger partial charge on any atom is 0.303 e. The number of carboxylic acids is 1. The number of hydrogen-bond donors (Lipinski definition) is 1. The minimum absolute atomic E-state index is 0.223. The van der Waals surface area contributed by atoms with Gasteiger partial charge in [0, 0.05) is 12.3 Å². The van der Waals surface area contributed by atoms with Gasteiger partial charge in [-0.05, 0) is 78.7 Å². The van der Waals surface area contributed by atoms with Crippen molar-refractivity contribution in [3.8, 4) is 6.07 Å². The summed E-state index contributed by atoms with van der Waals surface area (Å²) in [4.78, 5) is 10.7. The number of carboxylic acid groups (broad SMARTS) is 1. The minimum atomic E-state index is -0.728. The third-order valence-corrected chi connectivity index (χ3v) is 7.45. The van der Waals surface area contributed by atoms with Crippen LogP contribution in [0.25, 0.3) is 5.57 Å². The van der Waals surface area contributed by atoms with Gasteiger partial charge >= 0.3 is 5.97 Å². The van der Waals surface area contributed by atoms with Crippen LogP contribution >= 0.6 is 0 Å². The third kappa shape index (κ3) is 4.80. The van der Waals surface area contributed by atoms with Crippen LogP contribution in [0.2, 0.25) is 0 Å². The van der Waals surface area contributed by atoms with Crippen LogP contribution in [0, 0.1) is 17.2 Å². The molecule has 32 heavy (non-hydrogen) atoms. The maximum atomic E-state index is 10.7. The highest BCUT2D eigenvalue weighted by Crippen LogP contribution is 2.48. The van der Waals surface area contributed by atoms with Crippen molar-refractivity contribution in [1.82, 2.24) is 0 Å². The molecule has 2 aromatic carbocycles. The van der Waals surface area contributed by atoms with E-state index in [2.05, 4.69) is 68.4 Å². The van der Waals surface area contributed by atoms with Gasteiger partial charge in [-0.15, -0.1) is 0 Å². The normalized spacial score (nSPS) is 20.5. The largest absolute Gasteiger partial charge is 0.481 e. The Balaban J connectivity index is 1.56. The second-order valence-corrected chi connectivity index (χ2v) is 9.83. The summed E-state index contributed by atoms with van der Waals surface area (Å²) < 4.78 is 0. The first kappa shape index (κ1) is 22.3. The fourth-order valence-corrected chi connectivity index (χ4v) is 5.12. The van der Waals surface area contributed by atoms with Crippen molar-refractivity contribution in [2.75, 3.05) is 0 Å². The van der Waals surface area contributed by atoms with Crippen LogP contribution < -0.4 is 0 Å². The number of nitrogens with zero attached hydrogens (tertiary/aromatic N) is 1. The van der Waals surface area contributed by atoms with Crippen molar-refractivity contribution in [3.05, 3.63) is 76.4 Å². The van der Waals surface area contributed by atoms with E-state index in [4.69, 9.17) is 5.11 Å². The molecule has 2 aromatic rings. The summed E-state index contributed by atoms with van der Waals surface area (Å²) in [6, 6.07) is 20.1. The first-order valence-corrected chi connectivity index (χ1v) is 12.0. The summed E-state index contributed by atoms with van der Waals surface area (Å²) in [7, 11) is 0. The maximum absolute atomic E-state index is 10.7. The van der Waals surface area contributed by atoms with Gasteiger partial charge in [0.25, 0.3) is 0 Å². The topological polar surface area (TPSA) is 61.1 Å². The highest BCUT2D eigenvalue weighted by Gasteiger charge is 2.44. The molecule has 0 amide bonds. The average molecular weight is 428 g/mol. The average Bonchev–Trinajstić information content (AvgIpc) is 3.60. The van der Waals surface area contributed by atoms with Crippen LogP contribution in [-0.2, 0) is 16.6 Å². The Bertz CT molecular complexity index is 1040. The second kappa shape index (κ2) is 9.33. The van der Waals surface area contributed by atoms with E-state index < -0.39 is 5.97 Å². The second-order valence-electron chi connectivity index (χ2n) is 9.83. The molecule has 4 rings (SSSR count). The molecule has 1 saturated carbocycles. The fraction of sp³-hybridized carbons (Fsp3) is 0.448. The van der Waals surface area contributed by atoms with Crippen LogP contribution in [-0.4, -0.2) is 11.1 Å². The van der Waals surface area contributed by atoms with Crippen LogP contribution in [0.5, 0.6) is 0 Å². The molecule has 0 aliphatic heterocycles. The monoisotopic (exact) mass is 427 g/mol. The lowest BCUT2D eigenvalue weighted by Gasteiger charge is -2.30. The highest BCUT2D eigenvalue weighted by atomic mass is 16.4. The number of benzene rings is 2. The molecule has 3 nitrogen and oxygen atoms in total. The fourth-order valence-electron chi connectivity index (χ4n) is 5.12. The van der Waals surface area contributed by atoms with Crippen LogP contribution in [0.3, 0.4) is 0 Å². The standard InChI is InChI=1S/C29H33NO2/c1-20-6-15-26(24-11-13-25(14-12-24)29(19-30)16-17-29)27(18-20)21(2)23-9-7-22(8-10-23)4-3-5-28(31)32/h7-14,20-21H,3-6,15-18H2,1-2H3,(H,31,32). The summed E-state index contributed by atoms with van der Waals surface area (Å²) in [5.74, 6) is 0.322. The van der Waals surface area contributed by atoms with E-state index in [0.29, 0.717) is 18.3 Å². The summed E-state index contributed by atoms with van der Waals surface area (Å²) in [6.07, 6.45) is 7.13. The molecule has 0 aromatic heterocycles. The van der Waals surface area contributed by atoms with E-state index in [-0.39, 0.29) is 11.8 Å². The van der Waals surface area contributed by atoms with E-state index in [1.165, 1.54) is 39.8 Å². The Kier molecular flexibility index (Phi) is 6.51. The molecule has 2 atom stereocenters. The van der Waals surface area contributed by atoms with Gasteiger partial charge in [-0.1, -0.05) is 68.0 Å². The Labute approximate surface area is 191 Å². The predicted octanol–water partition coefficient (Wildman–Crippen LogP) is 7.03. The Hall–Kier alpha value is -2.86. The highest BCUT2D eigenvalue weighted by molar-refractivity contribution is 5.71. The van der Waals surface area contributed by atoms with E-state index >= 15 is 0 Å². The van der Waals surface area contributed by atoms with Crippen molar-refractivity contribution in [1.29, 1.82) is 5.26 Å². The van der Waals surface area contributed by atoms with Crippen molar-refractivity contribution in [2.24, 2.45) is 5.92 Å². The molecule has 0 heterocycles. The van der Waals surface area contributed by atoms with Crippen molar-refractivity contribution < 1.29 is 9.90 Å². The van der Waals surface area contributed by atoms with Crippen molar-refractivity contribution in [3.63, 3.8) is 0 Å². The molecule has 1 fully saturated rings. The summed E-state index contributed by atoms with van der Waals surface area (Å²) >= 11 is 0. The molecule has 0 spiro atoms. The van der Waals surface area contributed by atoms with Gasteiger partial charge in [0.2, 0.25) is 0 Å². The molecular weight excluding hydrogens is 394 g/mol. The first-order valence-electron chi connectivity index (χ1n) is 12.0. The van der Waals surface area contributed by atoms with Gasteiger partial charge in [-0.25, -0.2) is 0 Å². The molecule has 2 aliphatic carbocycles. The Morgan fingerprint density at radius 3 is 2.44 bits per heavy atom. The number of aryl methyl sites for hydroxylation is 1. The van der Waals surface area contributed by atoms with Crippen molar-refractivity contribution >= 4 is 11.5 Å². The number of aliphatic carboxylic acids is 1. The first-order chi connectivity index (χ1) is 15.4. The smallest absolute Gasteiger partial charge is 0.303 e. The van der Waals surface area contributed by atoms with Crippen LogP contribution in [0.1, 0.15) is 87.0 Å². The molecule has 2 aliphatic rings. The van der Waals surface area contributed by atoms with Crippen LogP contribution in [0.15, 0.2) is 54.1 Å². The molecule has 3 heteroatoms.